The molecule has 0 aromatic carbocycles. The predicted molar refractivity (Wildman–Crippen MR) is 116 cm³/mol. The van der Waals surface area contributed by atoms with E-state index in [1.165, 1.54) is 18.3 Å². The molecule has 166 valence electrons. The normalized spacial score (nSPS) is 19.3. The summed E-state index contributed by atoms with van der Waals surface area (Å²) < 4.78 is 5.72. The summed E-state index contributed by atoms with van der Waals surface area (Å²) in [5, 5.41) is 8.14. The Bertz CT molecular complexity index is 953. The van der Waals surface area contributed by atoms with Gasteiger partial charge in [0.15, 0.2) is 5.78 Å². The fourth-order valence-electron chi connectivity index (χ4n) is 4.33. The standard InChI is InChI=1S/C22H28N4O4S/c1-15(27)17-7-8-18(31-17)22-24-23-19(30-22)9-10-21(29)26-13-3-2-5-16(26)11-14-25-12-4-6-20(25)28/h7-8,16H,2-6,9-14H2,1H3. The number of hydrogen-bond acceptors (Lipinski definition) is 7. The van der Waals surface area contributed by atoms with Gasteiger partial charge >= 0.3 is 0 Å². The lowest BCUT2D eigenvalue weighted by atomic mass is 9.98. The topological polar surface area (TPSA) is 96.6 Å². The van der Waals surface area contributed by atoms with E-state index in [0.29, 0.717) is 35.9 Å². The van der Waals surface area contributed by atoms with Gasteiger partial charge in [0.05, 0.1) is 9.75 Å². The van der Waals surface area contributed by atoms with Crippen molar-refractivity contribution < 1.29 is 18.8 Å². The molecule has 1 atom stereocenters. The Morgan fingerprint density at radius 1 is 1.19 bits per heavy atom. The Morgan fingerprint density at radius 2 is 2.06 bits per heavy atom. The van der Waals surface area contributed by atoms with Gasteiger partial charge in [0.25, 0.3) is 5.89 Å². The highest BCUT2D eigenvalue weighted by Crippen LogP contribution is 2.28. The second kappa shape index (κ2) is 9.72. The van der Waals surface area contributed by atoms with Crippen molar-refractivity contribution >= 4 is 28.9 Å². The molecule has 2 aliphatic rings. The molecule has 2 aromatic heterocycles. The van der Waals surface area contributed by atoms with E-state index in [-0.39, 0.29) is 23.6 Å². The van der Waals surface area contributed by atoms with Crippen LogP contribution in [0.1, 0.15) is 67.4 Å². The maximum absolute atomic E-state index is 12.9. The molecule has 2 saturated heterocycles. The molecule has 4 heterocycles. The second-order valence-corrected chi connectivity index (χ2v) is 9.31. The van der Waals surface area contributed by atoms with E-state index >= 15 is 0 Å². The number of rotatable bonds is 8. The number of piperidine rings is 1. The fourth-order valence-corrected chi connectivity index (χ4v) is 5.15. The van der Waals surface area contributed by atoms with Gasteiger partial charge in [-0.1, -0.05) is 0 Å². The number of carbonyl (C=O) groups excluding carboxylic acids is 3. The number of likely N-dealkylation sites (tertiary alicyclic amines) is 2. The lowest BCUT2D eigenvalue weighted by molar-refractivity contribution is -0.135. The van der Waals surface area contributed by atoms with Gasteiger partial charge in [0.1, 0.15) is 0 Å². The maximum atomic E-state index is 12.9. The van der Waals surface area contributed by atoms with Gasteiger partial charge in [-0.2, -0.15) is 0 Å². The average Bonchev–Trinajstić information content (AvgIpc) is 3.51. The maximum Gasteiger partial charge on any atom is 0.257 e. The summed E-state index contributed by atoms with van der Waals surface area (Å²) in [4.78, 5) is 41.6. The van der Waals surface area contributed by atoms with E-state index in [0.717, 1.165) is 56.6 Å². The van der Waals surface area contributed by atoms with Crippen molar-refractivity contribution in [2.45, 2.75) is 64.3 Å². The van der Waals surface area contributed by atoms with Crippen molar-refractivity contribution in [3.63, 3.8) is 0 Å². The molecule has 9 heteroatoms. The summed E-state index contributed by atoms with van der Waals surface area (Å²) in [7, 11) is 0. The summed E-state index contributed by atoms with van der Waals surface area (Å²) in [6.45, 7) is 3.88. The molecule has 0 bridgehead atoms. The number of thiophene rings is 1. The molecule has 0 aliphatic carbocycles. The van der Waals surface area contributed by atoms with Gasteiger partial charge in [-0.25, -0.2) is 0 Å². The molecule has 4 rings (SSSR count). The van der Waals surface area contributed by atoms with Crippen LogP contribution in [-0.2, 0) is 16.0 Å². The van der Waals surface area contributed by atoms with Crippen LogP contribution in [0, 0.1) is 0 Å². The third-order valence-electron chi connectivity index (χ3n) is 6.03. The van der Waals surface area contributed by atoms with Crippen molar-refractivity contribution in [2.75, 3.05) is 19.6 Å². The van der Waals surface area contributed by atoms with Crippen molar-refractivity contribution in [3.05, 3.63) is 22.9 Å². The minimum absolute atomic E-state index is 0.00627. The highest BCUT2D eigenvalue weighted by Gasteiger charge is 2.28. The van der Waals surface area contributed by atoms with Crippen molar-refractivity contribution in [1.82, 2.24) is 20.0 Å². The van der Waals surface area contributed by atoms with Crippen LogP contribution in [0.25, 0.3) is 10.8 Å². The second-order valence-electron chi connectivity index (χ2n) is 8.23. The molecule has 2 aliphatic heterocycles. The van der Waals surface area contributed by atoms with Crippen LogP contribution >= 0.6 is 11.3 Å². The van der Waals surface area contributed by atoms with E-state index in [1.807, 2.05) is 9.80 Å². The molecule has 2 aromatic rings. The Labute approximate surface area is 185 Å². The quantitative estimate of drug-likeness (QED) is 0.580. The lowest BCUT2D eigenvalue weighted by Gasteiger charge is -2.36. The number of nitrogens with zero attached hydrogens (tertiary/aromatic N) is 4. The van der Waals surface area contributed by atoms with Crippen molar-refractivity contribution in [3.8, 4) is 10.8 Å². The zero-order valence-corrected chi connectivity index (χ0v) is 18.7. The van der Waals surface area contributed by atoms with E-state index < -0.39 is 0 Å². The van der Waals surface area contributed by atoms with Crippen LogP contribution in [0.3, 0.4) is 0 Å². The minimum atomic E-state index is 0.00627. The number of Topliss-reactive ketones (excluding diaryl/α,β-unsaturated/α-hetero) is 1. The minimum Gasteiger partial charge on any atom is -0.420 e. The van der Waals surface area contributed by atoms with Gasteiger partial charge < -0.3 is 14.2 Å². The van der Waals surface area contributed by atoms with E-state index in [9.17, 15) is 14.4 Å². The van der Waals surface area contributed by atoms with Gasteiger partial charge in [-0.15, -0.1) is 21.5 Å². The highest BCUT2D eigenvalue weighted by atomic mass is 32.1. The summed E-state index contributed by atoms with van der Waals surface area (Å²) in [6, 6.07) is 3.75. The molecular formula is C22H28N4O4S. The number of aryl methyl sites for hydroxylation is 1. The smallest absolute Gasteiger partial charge is 0.257 e. The first-order valence-corrected chi connectivity index (χ1v) is 11.8. The average molecular weight is 445 g/mol. The van der Waals surface area contributed by atoms with Crippen molar-refractivity contribution in [2.24, 2.45) is 0 Å². The molecule has 0 N–H and O–H groups in total. The Morgan fingerprint density at radius 3 is 2.81 bits per heavy atom. The van der Waals surface area contributed by atoms with Crippen LogP contribution in [0.2, 0.25) is 0 Å². The summed E-state index contributed by atoms with van der Waals surface area (Å²) in [5.41, 5.74) is 0. The van der Waals surface area contributed by atoms with Gasteiger partial charge in [-0.05, 0) is 51.2 Å². The number of ketones is 1. The van der Waals surface area contributed by atoms with Gasteiger partial charge in [-0.3, -0.25) is 14.4 Å². The van der Waals surface area contributed by atoms with Gasteiger partial charge in [0.2, 0.25) is 17.7 Å². The Kier molecular flexibility index (Phi) is 6.80. The first kappa shape index (κ1) is 21.7. The van der Waals surface area contributed by atoms with Crippen LogP contribution in [0.5, 0.6) is 0 Å². The molecule has 0 saturated carbocycles. The Balaban J connectivity index is 1.31. The fraction of sp³-hybridized carbons (Fsp3) is 0.591. The first-order chi connectivity index (χ1) is 15.0. The SMILES string of the molecule is CC(=O)c1ccc(-c2nnc(CCC(=O)N3CCCCC3CCN3CCCC3=O)o2)s1. The predicted octanol–water partition coefficient (Wildman–Crippen LogP) is 3.33. The van der Waals surface area contributed by atoms with Crippen LogP contribution in [0.15, 0.2) is 16.5 Å². The molecule has 1 unspecified atom stereocenters. The summed E-state index contributed by atoms with van der Waals surface area (Å²) >= 11 is 1.32. The molecule has 0 radical (unpaired) electrons. The van der Waals surface area contributed by atoms with Crippen LogP contribution < -0.4 is 0 Å². The lowest BCUT2D eigenvalue weighted by Crippen LogP contribution is -2.45. The van der Waals surface area contributed by atoms with Crippen LogP contribution in [0.4, 0.5) is 0 Å². The molecule has 2 fully saturated rings. The number of carbonyl (C=O) groups is 3. The third-order valence-corrected chi connectivity index (χ3v) is 7.21. The van der Waals surface area contributed by atoms with Crippen molar-refractivity contribution in [1.29, 1.82) is 0 Å². The van der Waals surface area contributed by atoms with Gasteiger partial charge in [0, 0.05) is 44.9 Å². The van der Waals surface area contributed by atoms with E-state index in [4.69, 9.17) is 4.42 Å². The largest absolute Gasteiger partial charge is 0.420 e. The monoisotopic (exact) mass is 444 g/mol. The van der Waals surface area contributed by atoms with E-state index in [2.05, 4.69) is 10.2 Å². The van der Waals surface area contributed by atoms with Crippen LogP contribution in [-0.4, -0.2) is 63.3 Å². The highest BCUT2D eigenvalue weighted by molar-refractivity contribution is 7.17. The number of aromatic nitrogens is 2. The molecule has 2 amide bonds. The molecule has 8 nitrogen and oxygen atoms in total. The molecule has 0 spiro atoms. The zero-order valence-electron chi connectivity index (χ0n) is 17.8. The molecule has 31 heavy (non-hydrogen) atoms. The first-order valence-electron chi connectivity index (χ1n) is 11.0. The third kappa shape index (κ3) is 5.20. The number of amides is 2. The molecular weight excluding hydrogens is 416 g/mol. The summed E-state index contributed by atoms with van der Waals surface area (Å²) in [6.07, 6.45) is 6.30. The number of hydrogen-bond donors (Lipinski definition) is 0. The zero-order chi connectivity index (χ0) is 21.8. The van der Waals surface area contributed by atoms with E-state index in [1.54, 1.807) is 12.1 Å². The summed E-state index contributed by atoms with van der Waals surface area (Å²) in [5.74, 6) is 1.16. The Hall–Kier alpha value is -2.55.